The zero-order chi connectivity index (χ0) is 36.8. The van der Waals surface area contributed by atoms with Gasteiger partial charge in [-0.1, -0.05) is 67.4 Å². The molecule has 4 N–H and O–H groups in total. The van der Waals surface area contributed by atoms with Gasteiger partial charge in [-0.15, -0.1) is 0 Å². The van der Waals surface area contributed by atoms with Gasteiger partial charge in [0.1, 0.15) is 0 Å². The quantitative estimate of drug-likeness (QED) is 0.104. The van der Waals surface area contributed by atoms with Crippen LogP contribution in [0.4, 0.5) is 30.8 Å². The van der Waals surface area contributed by atoms with Gasteiger partial charge in [-0.3, -0.25) is 14.4 Å². The number of hydrogen-bond donors (Lipinski definition) is 4. The van der Waals surface area contributed by atoms with Crippen LogP contribution in [0.15, 0.2) is 72.8 Å². The van der Waals surface area contributed by atoms with Gasteiger partial charge in [0.15, 0.2) is 6.61 Å². The molecule has 0 saturated heterocycles. The Hall–Kier alpha value is -5.24. The fourth-order valence-electron chi connectivity index (χ4n) is 4.98. The number of aryl methyl sites for hydroxylation is 1. The maximum absolute atomic E-state index is 12.9. The Bertz CT molecular complexity index is 1870. The summed E-state index contributed by atoms with van der Waals surface area (Å²) >= 11 is 6.03. The average molecular weight is 724 g/mol. The van der Waals surface area contributed by atoms with E-state index < -0.39 is 41.4 Å². The van der Waals surface area contributed by atoms with Crippen molar-refractivity contribution in [1.82, 2.24) is 25.6 Å². The first-order chi connectivity index (χ1) is 24.1. The molecule has 0 atom stereocenters. The van der Waals surface area contributed by atoms with Crippen molar-refractivity contribution in [2.24, 2.45) is 5.41 Å². The number of ketones is 1. The van der Waals surface area contributed by atoms with Crippen molar-refractivity contribution in [2.45, 2.75) is 51.7 Å². The summed E-state index contributed by atoms with van der Waals surface area (Å²) in [5, 5.41) is 12.2. The number of benzene rings is 3. The van der Waals surface area contributed by atoms with Crippen molar-refractivity contribution in [1.29, 1.82) is 0 Å². The molecule has 1 saturated carbocycles. The second-order valence-corrected chi connectivity index (χ2v) is 13.6. The van der Waals surface area contributed by atoms with Gasteiger partial charge >= 0.3 is 12.2 Å². The highest BCUT2D eigenvalue weighted by atomic mass is 35.5. The first kappa shape index (κ1) is 37.0. The van der Waals surface area contributed by atoms with Crippen LogP contribution in [0.25, 0.3) is 0 Å². The zero-order valence-electron chi connectivity index (χ0n) is 28.2. The number of rotatable bonds is 15. The van der Waals surface area contributed by atoms with Gasteiger partial charge < -0.3 is 26.0 Å². The Balaban J connectivity index is 1.17. The van der Waals surface area contributed by atoms with Crippen molar-refractivity contribution in [3.63, 3.8) is 0 Å². The van der Waals surface area contributed by atoms with Crippen LogP contribution in [-0.2, 0) is 21.5 Å². The molecule has 0 bridgehead atoms. The number of nitrogens with one attached hydrogen (secondary N) is 4. The highest BCUT2D eigenvalue weighted by Crippen LogP contribution is 2.48. The molecule has 1 heterocycles. The lowest BCUT2D eigenvalue weighted by Gasteiger charge is -2.25. The van der Waals surface area contributed by atoms with E-state index in [1.807, 2.05) is 57.2 Å². The number of aromatic nitrogens is 3. The summed E-state index contributed by atoms with van der Waals surface area (Å²) in [6.45, 7) is 4.40. The molecule has 0 aliphatic heterocycles. The summed E-state index contributed by atoms with van der Waals surface area (Å²) in [6, 6.07) is 20.3. The van der Waals surface area contributed by atoms with Gasteiger partial charge in [0.2, 0.25) is 17.7 Å². The number of amides is 2. The van der Waals surface area contributed by atoms with E-state index in [4.69, 9.17) is 16.3 Å². The zero-order valence-corrected chi connectivity index (χ0v) is 28.9. The van der Waals surface area contributed by atoms with Crippen LogP contribution in [0.3, 0.4) is 0 Å². The summed E-state index contributed by atoms with van der Waals surface area (Å²) in [4.78, 5) is 50.1. The van der Waals surface area contributed by atoms with Crippen LogP contribution in [0.2, 0.25) is 5.02 Å². The van der Waals surface area contributed by atoms with Crippen LogP contribution >= 0.6 is 11.6 Å². The molecule has 5 rings (SSSR count). The Labute approximate surface area is 297 Å². The molecule has 0 spiro atoms. The first-order valence-corrected chi connectivity index (χ1v) is 16.5. The highest BCUT2D eigenvalue weighted by molar-refractivity contribution is 6.36. The fraction of sp³-hybridized carbons (Fsp3) is 0.333. The van der Waals surface area contributed by atoms with Crippen LogP contribution in [0, 0.1) is 12.3 Å². The monoisotopic (exact) mass is 723 g/mol. The number of anilines is 3. The molecule has 4 aromatic rings. The molecule has 15 heteroatoms. The minimum Gasteiger partial charge on any atom is -0.454 e. The van der Waals surface area contributed by atoms with E-state index in [-0.39, 0.29) is 37.3 Å². The number of carbonyl (C=O) groups is 3. The van der Waals surface area contributed by atoms with Gasteiger partial charge in [-0.2, -0.15) is 28.1 Å². The molecule has 1 aliphatic rings. The molecule has 2 amide bonds. The second-order valence-electron chi connectivity index (χ2n) is 13.2. The standard InChI is InChI=1S/C36H37ClF3N7O4/c1-22-4-6-23(7-5-22)18-28(48)30(50)42-20-34(2,3)19-41-29(49)24-8-14-27(15-9-24)43-31-44-32(46-33(45-31)51-21-36(38,39)40)47-35(16-17-35)25-10-12-26(37)13-11-25/h4-15H,16-21H2,1-3H3,(H,41,49)(H,42,50)(H2,43,44,45,46,47). The molecular formula is C36H37ClF3N7O4. The smallest absolute Gasteiger partial charge is 0.422 e. The molecule has 1 fully saturated rings. The molecule has 1 aromatic heterocycles. The summed E-state index contributed by atoms with van der Waals surface area (Å²) < 4.78 is 43.6. The molecule has 11 nitrogen and oxygen atoms in total. The first-order valence-electron chi connectivity index (χ1n) is 16.1. The summed E-state index contributed by atoms with van der Waals surface area (Å²) in [6.07, 6.45) is -3.12. The topological polar surface area (TPSA) is 147 Å². The summed E-state index contributed by atoms with van der Waals surface area (Å²) in [7, 11) is 0. The molecule has 1 aliphatic carbocycles. The Morgan fingerprint density at radius 1 is 0.843 bits per heavy atom. The third-order valence-electron chi connectivity index (χ3n) is 8.07. The van der Waals surface area contributed by atoms with Gasteiger partial charge in [0.05, 0.1) is 5.54 Å². The number of carbonyl (C=O) groups excluding carboxylic acids is 3. The molecule has 51 heavy (non-hydrogen) atoms. The lowest BCUT2D eigenvalue weighted by molar-refractivity contribution is -0.154. The third-order valence-corrected chi connectivity index (χ3v) is 8.33. The molecule has 3 aromatic carbocycles. The van der Waals surface area contributed by atoms with Crippen molar-refractivity contribution in [2.75, 3.05) is 30.3 Å². The third kappa shape index (κ3) is 10.9. The summed E-state index contributed by atoms with van der Waals surface area (Å²) in [5.74, 6) is -1.67. The lowest BCUT2D eigenvalue weighted by Crippen LogP contribution is -2.44. The van der Waals surface area contributed by atoms with E-state index in [0.29, 0.717) is 16.3 Å². The van der Waals surface area contributed by atoms with E-state index in [1.165, 1.54) is 0 Å². The average Bonchev–Trinajstić information content (AvgIpc) is 3.86. The number of halogens is 4. The predicted octanol–water partition coefficient (Wildman–Crippen LogP) is 6.30. The Morgan fingerprint density at radius 2 is 1.47 bits per heavy atom. The van der Waals surface area contributed by atoms with E-state index in [1.54, 1.807) is 36.4 Å². The number of ether oxygens (including phenoxy) is 1. The normalized spacial score (nSPS) is 13.5. The van der Waals surface area contributed by atoms with Crippen molar-refractivity contribution < 1.29 is 32.3 Å². The molecule has 0 unspecified atom stereocenters. The number of Topliss-reactive ketones (excluding diaryl/α,β-unsaturated/α-hetero) is 1. The van der Waals surface area contributed by atoms with E-state index in [9.17, 15) is 27.6 Å². The predicted molar refractivity (Wildman–Crippen MR) is 186 cm³/mol. The van der Waals surface area contributed by atoms with Crippen molar-refractivity contribution in [3.05, 3.63) is 100 Å². The molecular weight excluding hydrogens is 687 g/mol. The van der Waals surface area contributed by atoms with Gasteiger partial charge in [-0.05, 0) is 72.7 Å². The van der Waals surface area contributed by atoms with Crippen molar-refractivity contribution >= 4 is 46.8 Å². The number of alkyl halides is 3. The second kappa shape index (κ2) is 15.3. The van der Waals surface area contributed by atoms with Crippen molar-refractivity contribution in [3.8, 4) is 6.01 Å². The summed E-state index contributed by atoms with van der Waals surface area (Å²) in [5.41, 5.74) is 2.42. The number of hydrogen-bond acceptors (Lipinski definition) is 9. The van der Waals surface area contributed by atoms with E-state index in [0.717, 1.165) is 29.5 Å². The Morgan fingerprint density at radius 3 is 2.10 bits per heavy atom. The van der Waals surface area contributed by atoms with Gasteiger partial charge in [0.25, 0.3) is 11.8 Å². The SMILES string of the molecule is Cc1ccc(CC(=O)C(=O)NCC(C)(C)CNC(=O)c2ccc(Nc3nc(NC4(c5ccc(Cl)cc5)CC4)nc(OCC(F)(F)F)n3)cc2)cc1. The van der Waals surface area contributed by atoms with Crippen LogP contribution in [0.1, 0.15) is 53.7 Å². The maximum Gasteiger partial charge on any atom is 0.422 e. The van der Waals surface area contributed by atoms with Gasteiger partial charge in [-0.25, -0.2) is 0 Å². The number of nitrogens with zero attached hydrogens (tertiary/aromatic N) is 3. The van der Waals surface area contributed by atoms with Crippen LogP contribution in [0.5, 0.6) is 6.01 Å². The van der Waals surface area contributed by atoms with Crippen LogP contribution < -0.4 is 26.0 Å². The van der Waals surface area contributed by atoms with E-state index >= 15 is 0 Å². The minimum absolute atomic E-state index is 0.00249. The Kier molecular flexibility index (Phi) is 11.1. The molecule has 0 radical (unpaired) electrons. The minimum atomic E-state index is -4.60. The largest absolute Gasteiger partial charge is 0.454 e. The molecule has 268 valence electrons. The highest BCUT2D eigenvalue weighted by Gasteiger charge is 2.45. The fourth-order valence-corrected chi connectivity index (χ4v) is 5.11. The lowest BCUT2D eigenvalue weighted by atomic mass is 9.93. The van der Waals surface area contributed by atoms with Crippen LogP contribution in [-0.4, -0.2) is 58.4 Å². The maximum atomic E-state index is 12.9. The van der Waals surface area contributed by atoms with Gasteiger partial charge in [0, 0.05) is 35.8 Å². The van der Waals surface area contributed by atoms with E-state index in [2.05, 4.69) is 36.2 Å².